The van der Waals surface area contributed by atoms with Crippen molar-refractivity contribution in [3.8, 4) is 0 Å². The molecule has 0 bridgehead atoms. The average molecular weight is 292 g/mol. The first-order chi connectivity index (χ1) is 9.78. The normalized spacial score (nSPS) is 20.1. The van der Waals surface area contributed by atoms with Gasteiger partial charge in [-0.15, -0.1) is 11.3 Å². The van der Waals surface area contributed by atoms with Crippen LogP contribution in [0.2, 0.25) is 0 Å². The van der Waals surface area contributed by atoms with Crippen molar-refractivity contribution >= 4 is 11.3 Å². The van der Waals surface area contributed by atoms with Crippen LogP contribution in [-0.2, 0) is 12.8 Å². The van der Waals surface area contributed by atoms with E-state index in [1.54, 1.807) is 15.3 Å². The van der Waals surface area contributed by atoms with Crippen LogP contribution >= 0.6 is 11.3 Å². The van der Waals surface area contributed by atoms with E-state index in [2.05, 4.69) is 41.5 Å². The summed E-state index contributed by atoms with van der Waals surface area (Å²) in [5.74, 6) is 0. The van der Waals surface area contributed by atoms with E-state index in [4.69, 9.17) is 0 Å². The molecule has 1 atom stereocenters. The molecule has 3 heteroatoms. The van der Waals surface area contributed by atoms with E-state index in [1.807, 2.05) is 0 Å². The molecule has 1 heterocycles. The maximum absolute atomic E-state index is 3.72. The lowest BCUT2D eigenvalue weighted by Crippen LogP contribution is -2.34. The van der Waals surface area contributed by atoms with E-state index in [1.165, 1.54) is 51.6 Å². The van der Waals surface area contributed by atoms with Crippen LogP contribution in [0.5, 0.6) is 0 Å². The van der Waals surface area contributed by atoms with Crippen LogP contribution in [-0.4, -0.2) is 30.6 Å². The molecule has 0 aliphatic heterocycles. The van der Waals surface area contributed by atoms with Gasteiger partial charge in [-0.25, -0.2) is 0 Å². The smallest absolute Gasteiger partial charge is 0.0386 e. The van der Waals surface area contributed by atoms with Gasteiger partial charge in [0.1, 0.15) is 0 Å². The summed E-state index contributed by atoms with van der Waals surface area (Å²) >= 11 is 2.05. The Morgan fingerprint density at radius 3 is 2.85 bits per heavy atom. The lowest BCUT2D eigenvalue weighted by molar-refractivity contribution is 0.273. The minimum absolute atomic E-state index is 0.517. The van der Waals surface area contributed by atoms with Gasteiger partial charge in [-0.1, -0.05) is 6.92 Å². The van der Waals surface area contributed by atoms with Gasteiger partial charge in [0.25, 0.3) is 0 Å². The molecule has 1 N–H and O–H groups in total. The van der Waals surface area contributed by atoms with Crippen LogP contribution in [0.25, 0.3) is 0 Å². The number of hydrogen-bond acceptors (Lipinski definition) is 3. The number of hydrogen-bond donors (Lipinski definition) is 1. The molecule has 2 nitrogen and oxygen atoms in total. The van der Waals surface area contributed by atoms with Crippen molar-refractivity contribution in [2.45, 2.75) is 64.5 Å². The third kappa shape index (κ3) is 3.44. The Bertz CT molecular complexity index is 413. The zero-order chi connectivity index (χ0) is 13.9. The Kier molecular flexibility index (Phi) is 4.79. The van der Waals surface area contributed by atoms with Gasteiger partial charge < -0.3 is 5.32 Å². The fourth-order valence-electron chi connectivity index (χ4n) is 3.29. The molecule has 1 unspecified atom stereocenters. The van der Waals surface area contributed by atoms with Crippen LogP contribution < -0.4 is 5.32 Å². The summed E-state index contributed by atoms with van der Waals surface area (Å²) in [7, 11) is 0. The van der Waals surface area contributed by atoms with E-state index in [-0.39, 0.29) is 0 Å². The summed E-state index contributed by atoms with van der Waals surface area (Å²) in [5, 5.41) is 3.72. The van der Waals surface area contributed by atoms with Gasteiger partial charge in [-0.2, -0.15) is 0 Å². The molecule has 2 aliphatic carbocycles. The minimum atomic E-state index is 0.517. The van der Waals surface area contributed by atoms with E-state index >= 15 is 0 Å². The zero-order valence-corrected chi connectivity index (χ0v) is 13.8. The Labute approximate surface area is 127 Å². The highest BCUT2D eigenvalue weighted by Crippen LogP contribution is 2.32. The molecule has 20 heavy (non-hydrogen) atoms. The summed E-state index contributed by atoms with van der Waals surface area (Å²) in [6, 6.07) is 3.88. The van der Waals surface area contributed by atoms with Crippen molar-refractivity contribution in [1.29, 1.82) is 0 Å². The third-order valence-corrected chi connectivity index (χ3v) is 6.18. The minimum Gasteiger partial charge on any atom is -0.308 e. The highest BCUT2D eigenvalue weighted by molar-refractivity contribution is 7.12. The molecule has 0 amide bonds. The molecule has 2 aliphatic rings. The van der Waals surface area contributed by atoms with Crippen molar-refractivity contribution in [2.24, 2.45) is 0 Å². The monoisotopic (exact) mass is 292 g/mol. The second-order valence-corrected chi connectivity index (χ2v) is 7.51. The molecule has 0 aromatic carbocycles. The molecule has 0 radical (unpaired) electrons. The summed E-state index contributed by atoms with van der Waals surface area (Å²) in [5.41, 5.74) is 1.64. The number of aryl methyl sites for hydroxylation is 2. The number of fused-ring (bicyclic) bond motifs is 1. The lowest BCUT2D eigenvalue weighted by Gasteiger charge is -2.21. The predicted octanol–water partition coefficient (Wildman–Crippen LogP) is 3.76. The zero-order valence-electron chi connectivity index (χ0n) is 13.0. The first kappa shape index (κ1) is 14.6. The molecular weight excluding hydrogens is 264 g/mol. The van der Waals surface area contributed by atoms with Crippen molar-refractivity contribution < 1.29 is 0 Å². The van der Waals surface area contributed by atoms with Gasteiger partial charge in [0.15, 0.2) is 0 Å². The highest BCUT2D eigenvalue weighted by atomic mass is 32.1. The fraction of sp³-hybridized carbons (Fsp3) is 0.765. The summed E-state index contributed by atoms with van der Waals surface area (Å²) in [4.78, 5) is 5.83. The van der Waals surface area contributed by atoms with Crippen molar-refractivity contribution in [1.82, 2.24) is 10.2 Å². The number of rotatable bonds is 7. The van der Waals surface area contributed by atoms with E-state index in [0.29, 0.717) is 6.04 Å². The lowest BCUT2D eigenvalue weighted by atomic mass is 9.99. The van der Waals surface area contributed by atoms with Crippen LogP contribution in [0.4, 0.5) is 0 Å². The first-order valence-electron chi connectivity index (χ1n) is 8.37. The molecule has 1 fully saturated rings. The molecule has 0 spiro atoms. The molecular formula is C17H28N2S. The third-order valence-electron chi connectivity index (χ3n) is 4.76. The molecule has 3 rings (SSSR count). The Balaban J connectivity index is 1.48. The number of likely N-dealkylation sites (N-methyl/N-ethyl adjacent to an activating group) is 1. The van der Waals surface area contributed by atoms with Crippen LogP contribution in [0.3, 0.4) is 0 Å². The van der Waals surface area contributed by atoms with Gasteiger partial charge in [0.05, 0.1) is 0 Å². The molecule has 0 saturated heterocycles. The van der Waals surface area contributed by atoms with Crippen molar-refractivity contribution in [3.05, 3.63) is 21.4 Å². The summed E-state index contributed by atoms with van der Waals surface area (Å²) in [6.45, 7) is 8.14. The number of nitrogens with one attached hydrogen (secondary N) is 1. The van der Waals surface area contributed by atoms with E-state index in [0.717, 1.165) is 12.6 Å². The topological polar surface area (TPSA) is 15.3 Å². The van der Waals surface area contributed by atoms with Gasteiger partial charge in [-0.05, 0) is 63.6 Å². The van der Waals surface area contributed by atoms with E-state index < -0.39 is 0 Å². The largest absolute Gasteiger partial charge is 0.308 e. The van der Waals surface area contributed by atoms with Crippen molar-refractivity contribution in [3.63, 3.8) is 0 Å². The quantitative estimate of drug-likeness (QED) is 0.823. The Hall–Kier alpha value is -0.380. The van der Waals surface area contributed by atoms with Gasteiger partial charge in [0.2, 0.25) is 0 Å². The summed E-state index contributed by atoms with van der Waals surface area (Å²) < 4.78 is 0. The molecule has 1 aromatic rings. The second-order valence-electron chi connectivity index (χ2n) is 6.34. The summed E-state index contributed by atoms with van der Waals surface area (Å²) in [6.07, 6.45) is 8.24. The predicted molar refractivity (Wildman–Crippen MR) is 87.6 cm³/mol. The maximum atomic E-state index is 3.72. The molecule has 112 valence electrons. The van der Waals surface area contributed by atoms with Gasteiger partial charge >= 0.3 is 0 Å². The van der Waals surface area contributed by atoms with Crippen LogP contribution in [0, 0.1) is 0 Å². The maximum Gasteiger partial charge on any atom is 0.0386 e. The van der Waals surface area contributed by atoms with Gasteiger partial charge in [0, 0.05) is 34.9 Å². The standard InChI is InChI=1S/C17H28N2S/c1-3-19(15-8-9-15)11-10-18-13(2)17-12-14-6-4-5-7-16(14)20-17/h12-13,15,18H,3-11H2,1-2H3. The van der Waals surface area contributed by atoms with Crippen molar-refractivity contribution in [2.75, 3.05) is 19.6 Å². The first-order valence-corrected chi connectivity index (χ1v) is 9.18. The van der Waals surface area contributed by atoms with Crippen LogP contribution in [0.1, 0.15) is 60.9 Å². The SMILES string of the molecule is CCN(CCNC(C)c1cc2c(s1)CCCC2)C1CC1. The second kappa shape index (κ2) is 6.59. The van der Waals surface area contributed by atoms with E-state index in [9.17, 15) is 0 Å². The van der Waals surface area contributed by atoms with Gasteiger partial charge in [-0.3, -0.25) is 4.90 Å². The molecule has 1 saturated carbocycles. The fourth-order valence-corrected chi connectivity index (χ4v) is 4.58. The number of nitrogens with zero attached hydrogens (tertiary/aromatic N) is 1. The Morgan fingerprint density at radius 2 is 2.15 bits per heavy atom. The highest BCUT2D eigenvalue weighted by Gasteiger charge is 2.27. The number of thiophene rings is 1. The van der Waals surface area contributed by atoms with Crippen LogP contribution in [0.15, 0.2) is 6.07 Å². The molecule has 1 aromatic heterocycles. The Morgan fingerprint density at radius 1 is 1.35 bits per heavy atom. The average Bonchev–Trinajstić information content (AvgIpc) is 3.21.